The minimum atomic E-state index is -0.538. The Morgan fingerprint density at radius 1 is 1.19 bits per heavy atom. The summed E-state index contributed by atoms with van der Waals surface area (Å²) in [6, 6.07) is 15.4. The van der Waals surface area contributed by atoms with Gasteiger partial charge in [-0.2, -0.15) is 9.78 Å². The third kappa shape index (κ3) is 4.46. The summed E-state index contributed by atoms with van der Waals surface area (Å²) in [5, 5.41) is 18.8. The number of rotatable bonds is 7. The lowest BCUT2D eigenvalue weighted by Gasteiger charge is -2.08. The topological polar surface area (TPSA) is 146 Å². The third-order valence-corrected chi connectivity index (χ3v) is 4.67. The molecule has 0 unspecified atom stereocenters. The van der Waals surface area contributed by atoms with Crippen LogP contribution in [0.3, 0.4) is 0 Å². The normalized spacial score (nSPS) is 11.1. The molecule has 3 N–H and O–H groups in total. The van der Waals surface area contributed by atoms with Crippen LogP contribution in [-0.4, -0.2) is 37.4 Å². The summed E-state index contributed by atoms with van der Waals surface area (Å²) in [5.74, 6) is 0.251. The van der Waals surface area contributed by atoms with Gasteiger partial charge in [0, 0.05) is 0 Å². The molecule has 4 aromatic rings. The van der Waals surface area contributed by atoms with Gasteiger partial charge in [0.25, 0.3) is 5.91 Å². The monoisotopic (exact) mass is 432 g/mol. The number of aryl methyl sites for hydroxylation is 2. The van der Waals surface area contributed by atoms with Gasteiger partial charge < -0.3 is 10.5 Å². The quantitative estimate of drug-likeness (QED) is 0.334. The summed E-state index contributed by atoms with van der Waals surface area (Å²) in [6.45, 7) is 4.17. The summed E-state index contributed by atoms with van der Waals surface area (Å²) in [5.41, 5.74) is 11.7. The van der Waals surface area contributed by atoms with E-state index < -0.39 is 5.91 Å². The number of anilines is 1. The molecule has 0 radical (unpaired) electrons. The van der Waals surface area contributed by atoms with E-state index >= 15 is 0 Å². The highest BCUT2D eigenvalue weighted by molar-refractivity contribution is 5.94. The Bertz CT molecular complexity index is 1260. The number of nitrogens with one attached hydrogen (secondary N) is 1. The van der Waals surface area contributed by atoms with Gasteiger partial charge in [0.2, 0.25) is 11.6 Å². The highest BCUT2D eigenvalue weighted by Gasteiger charge is 2.22. The highest BCUT2D eigenvalue weighted by atomic mass is 16.6. The zero-order valence-corrected chi connectivity index (χ0v) is 17.4. The van der Waals surface area contributed by atoms with E-state index in [9.17, 15) is 4.79 Å². The molecule has 32 heavy (non-hydrogen) atoms. The second-order valence-corrected chi connectivity index (χ2v) is 6.89. The Balaban J connectivity index is 1.37. The molecule has 0 fully saturated rings. The Kier molecular flexibility index (Phi) is 5.88. The molecule has 162 valence electrons. The fourth-order valence-corrected chi connectivity index (χ4v) is 2.91. The van der Waals surface area contributed by atoms with Crippen LogP contribution in [0.25, 0.3) is 5.82 Å². The first kappa shape index (κ1) is 20.7. The van der Waals surface area contributed by atoms with Crippen molar-refractivity contribution in [2.24, 2.45) is 5.10 Å². The molecule has 0 atom stereocenters. The molecule has 0 aliphatic rings. The van der Waals surface area contributed by atoms with Gasteiger partial charge >= 0.3 is 0 Å². The standard InChI is InChI=1S/C21H20N8O3/c1-13-5-3-4-6-16(13)12-31-17-9-7-15(8-10-17)11-23-25-21(30)18-14(2)24-28-29(18)20-19(22)26-32-27-20/h3-11H,12H2,1-2H3,(H2,22,26)(H,25,30). The Hall–Kier alpha value is -4.54. The summed E-state index contributed by atoms with van der Waals surface area (Å²) >= 11 is 0. The van der Waals surface area contributed by atoms with Gasteiger partial charge in [-0.3, -0.25) is 4.79 Å². The average Bonchev–Trinajstić information content (AvgIpc) is 3.39. The van der Waals surface area contributed by atoms with Crippen molar-refractivity contribution in [1.29, 1.82) is 0 Å². The van der Waals surface area contributed by atoms with E-state index in [1.54, 1.807) is 6.92 Å². The van der Waals surface area contributed by atoms with Gasteiger partial charge in [-0.05, 0) is 65.1 Å². The van der Waals surface area contributed by atoms with Gasteiger partial charge in [-0.15, -0.1) is 5.10 Å². The summed E-state index contributed by atoms with van der Waals surface area (Å²) < 4.78 is 11.5. The number of hydrazone groups is 1. The van der Waals surface area contributed by atoms with E-state index in [0.717, 1.165) is 21.6 Å². The van der Waals surface area contributed by atoms with Gasteiger partial charge in [0.15, 0.2) is 5.69 Å². The number of aromatic nitrogens is 5. The minimum absolute atomic E-state index is 0.0165. The van der Waals surface area contributed by atoms with Crippen LogP contribution >= 0.6 is 0 Å². The lowest BCUT2D eigenvalue weighted by Crippen LogP contribution is -2.22. The van der Waals surface area contributed by atoms with Gasteiger partial charge in [-0.25, -0.2) is 10.1 Å². The third-order valence-electron chi connectivity index (χ3n) is 4.67. The molecule has 2 aromatic heterocycles. The number of carbonyl (C=O) groups is 1. The van der Waals surface area contributed by atoms with Crippen LogP contribution in [0.5, 0.6) is 5.75 Å². The highest BCUT2D eigenvalue weighted by Crippen LogP contribution is 2.16. The molecule has 0 bridgehead atoms. The maximum atomic E-state index is 12.6. The number of ether oxygens (including phenoxy) is 1. The smallest absolute Gasteiger partial charge is 0.292 e. The molecule has 2 aromatic carbocycles. The Morgan fingerprint density at radius 3 is 2.69 bits per heavy atom. The predicted octanol–water partition coefficient (Wildman–Crippen LogP) is 2.19. The van der Waals surface area contributed by atoms with E-state index in [-0.39, 0.29) is 17.3 Å². The van der Waals surface area contributed by atoms with E-state index in [4.69, 9.17) is 10.5 Å². The number of nitrogens with zero attached hydrogens (tertiary/aromatic N) is 6. The Morgan fingerprint density at radius 2 is 1.97 bits per heavy atom. The van der Waals surface area contributed by atoms with Crippen LogP contribution in [0.1, 0.15) is 32.9 Å². The molecule has 2 heterocycles. The maximum Gasteiger partial charge on any atom is 0.292 e. The SMILES string of the molecule is Cc1ccccc1COc1ccc(C=NNC(=O)c2c(C)nnn2-c2nonc2N)cc1. The van der Waals surface area contributed by atoms with Crippen LogP contribution < -0.4 is 15.9 Å². The minimum Gasteiger partial charge on any atom is -0.489 e. The maximum absolute atomic E-state index is 12.6. The number of carbonyl (C=O) groups excluding carboxylic acids is 1. The largest absolute Gasteiger partial charge is 0.489 e. The van der Waals surface area contributed by atoms with Gasteiger partial charge in [0.05, 0.1) is 11.9 Å². The molecule has 11 heteroatoms. The molecule has 1 amide bonds. The number of benzene rings is 2. The first-order chi connectivity index (χ1) is 15.5. The second kappa shape index (κ2) is 9.08. The predicted molar refractivity (Wildman–Crippen MR) is 115 cm³/mol. The molecule has 0 saturated carbocycles. The number of hydrogen-bond acceptors (Lipinski definition) is 9. The molecule has 0 spiro atoms. The molecule has 11 nitrogen and oxygen atoms in total. The molecular formula is C21H20N8O3. The number of nitrogens with two attached hydrogens (primary N) is 1. The first-order valence-electron chi connectivity index (χ1n) is 9.64. The summed E-state index contributed by atoms with van der Waals surface area (Å²) in [4.78, 5) is 12.6. The van der Waals surface area contributed by atoms with Crippen molar-refractivity contribution in [2.75, 3.05) is 5.73 Å². The lowest BCUT2D eigenvalue weighted by molar-refractivity contribution is 0.0946. The summed E-state index contributed by atoms with van der Waals surface area (Å²) in [7, 11) is 0. The zero-order chi connectivity index (χ0) is 22.5. The number of hydrogen-bond donors (Lipinski definition) is 2. The lowest BCUT2D eigenvalue weighted by atomic mass is 10.1. The molecule has 0 saturated heterocycles. The Labute approximate surface area is 182 Å². The first-order valence-corrected chi connectivity index (χ1v) is 9.64. The second-order valence-electron chi connectivity index (χ2n) is 6.89. The van der Waals surface area contributed by atoms with Crippen molar-refractivity contribution in [3.05, 3.63) is 76.6 Å². The average molecular weight is 432 g/mol. The van der Waals surface area contributed by atoms with Crippen LogP contribution in [0.2, 0.25) is 0 Å². The van der Waals surface area contributed by atoms with E-state index in [0.29, 0.717) is 12.3 Å². The van der Waals surface area contributed by atoms with Gasteiger partial charge in [0.1, 0.15) is 12.4 Å². The van der Waals surface area contributed by atoms with E-state index in [1.165, 1.54) is 11.8 Å². The van der Waals surface area contributed by atoms with Crippen LogP contribution in [0, 0.1) is 13.8 Å². The van der Waals surface area contributed by atoms with E-state index in [2.05, 4.69) is 48.8 Å². The molecular weight excluding hydrogens is 412 g/mol. The molecule has 4 rings (SSSR count). The molecule has 0 aliphatic heterocycles. The van der Waals surface area contributed by atoms with Crippen molar-refractivity contribution in [3.8, 4) is 11.6 Å². The van der Waals surface area contributed by atoms with Crippen molar-refractivity contribution < 1.29 is 14.2 Å². The zero-order valence-electron chi connectivity index (χ0n) is 17.4. The summed E-state index contributed by atoms with van der Waals surface area (Å²) in [6.07, 6.45) is 1.51. The number of nitrogen functional groups attached to an aromatic ring is 1. The van der Waals surface area contributed by atoms with Gasteiger partial charge in [-0.1, -0.05) is 29.5 Å². The van der Waals surface area contributed by atoms with Crippen molar-refractivity contribution in [3.63, 3.8) is 0 Å². The van der Waals surface area contributed by atoms with Crippen molar-refractivity contribution >= 4 is 17.9 Å². The molecule has 0 aliphatic carbocycles. The van der Waals surface area contributed by atoms with Crippen molar-refractivity contribution in [1.82, 2.24) is 30.7 Å². The van der Waals surface area contributed by atoms with Crippen LogP contribution in [-0.2, 0) is 6.61 Å². The van der Waals surface area contributed by atoms with Crippen LogP contribution in [0.15, 0.2) is 58.3 Å². The fraction of sp³-hybridized carbons (Fsp3) is 0.143. The van der Waals surface area contributed by atoms with Crippen LogP contribution in [0.4, 0.5) is 5.82 Å². The van der Waals surface area contributed by atoms with Crippen molar-refractivity contribution in [2.45, 2.75) is 20.5 Å². The van der Waals surface area contributed by atoms with E-state index in [1.807, 2.05) is 42.5 Å². The number of amides is 1. The fourth-order valence-electron chi connectivity index (χ4n) is 2.91.